The first-order chi connectivity index (χ1) is 6.79. The van der Waals surface area contributed by atoms with Crippen molar-refractivity contribution in [2.45, 2.75) is 6.42 Å². The number of aryl methyl sites for hydroxylation is 2. The first-order valence-electron chi connectivity index (χ1n) is 4.29. The van der Waals surface area contributed by atoms with Crippen LogP contribution in [0.2, 0.25) is 0 Å². The fraction of sp³-hybridized carbons (Fsp3) is 0.333. The summed E-state index contributed by atoms with van der Waals surface area (Å²) in [6.45, 7) is 0. The van der Waals surface area contributed by atoms with E-state index < -0.39 is 0 Å². The lowest BCUT2D eigenvalue weighted by molar-refractivity contribution is 0.389. The lowest BCUT2D eigenvalue weighted by Gasteiger charge is -1.84. The molecule has 2 aromatic heterocycles. The second-order valence-corrected chi connectivity index (χ2v) is 3.42. The minimum Gasteiger partial charge on any atom is -0.361 e. The Morgan fingerprint density at radius 2 is 2.36 bits per heavy atom. The zero-order valence-electron chi connectivity index (χ0n) is 7.77. The van der Waals surface area contributed by atoms with Crippen LogP contribution >= 0.6 is 11.6 Å². The molecule has 2 heterocycles. The molecule has 0 aromatic carbocycles. The molecule has 74 valence electrons. The fourth-order valence-corrected chi connectivity index (χ4v) is 1.38. The number of hydrogen-bond acceptors (Lipinski definition) is 3. The third kappa shape index (κ3) is 1.80. The smallest absolute Gasteiger partial charge is 0.138 e. The molecule has 0 N–H and O–H groups in total. The maximum atomic E-state index is 5.59. The molecule has 0 spiro atoms. The predicted molar refractivity (Wildman–Crippen MR) is 53.1 cm³/mol. The van der Waals surface area contributed by atoms with E-state index in [1.54, 1.807) is 6.33 Å². The first kappa shape index (κ1) is 9.27. The summed E-state index contributed by atoms with van der Waals surface area (Å²) in [6.07, 6.45) is 4.31. The highest BCUT2D eigenvalue weighted by Crippen LogP contribution is 2.16. The van der Waals surface area contributed by atoms with E-state index in [1.807, 2.05) is 23.9 Å². The van der Waals surface area contributed by atoms with Gasteiger partial charge in [0.25, 0.3) is 0 Å². The van der Waals surface area contributed by atoms with Crippen molar-refractivity contribution in [3.8, 4) is 11.4 Å². The molecular formula is C9H10ClN3O. The van der Waals surface area contributed by atoms with Crippen LogP contribution in [0.4, 0.5) is 0 Å². The third-order valence-corrected chi connectivity index (χ3v) is 2.06. The van der Waals surface area contributed by atoms with Crippen molar-refractivity contribution in [2.24, 2.45) is 7.05 Å². The largest absolute Gasteiger partial charge is 0.361 e. The maximum absolute atomic E-state index is 5.59. The van der Waals surface area contributed by atoms with E-state index in [4.69, 9.17) is 16.1 Å². The van der Waals surface area contributed by atoms with Crippen LogP contribution < -0.4 is 0 Å². The van der Waals surface area contributed by atoms with Crippen molar-refractivity contribution in [1.82, 2.24) is 14.7 Å². The molecule has 0 bridgehead atoms. The van der Waals surface area contributed by atoms with Gasteiger partial charge < -0.3 is 9.09 Å². The summed E-state index contributed by atoms with van der Waals surface area (Å²) in [6, 6.07) is 1.87. The highest BCUT2D eigenvalue weighted by atomic mass is 35.5. The van der Waals surface area contributed by atoms with E-state index in [0.717, 1.165) is 17.1 Å². The second kappa shape index (κ2) is 3.84. The van der Waals surface area contributed by atoms with Gasteiger partial charge in [0.05, 0.1) is 6.33 Å². The van der Waals surface area contributed by atoms with Crippen LogP contribution in [0, 0.1) is 0 Å². The molecule has 0 saturated heterocycles. The number of alkyl halides is 1. The van der Waals surface area contributed by atoms with Crippen LogP contribution in [-0.2, 0) is 13.5 Å². The predicted octanol–water partition coefficient (Wildman–Crippen LogP) is 1.86. The average Bonchev–Trinajstić information content (AvgIpc) is 2.74. The number of halogens is 1. The van der Waals surface area contributed by atoms with E-state index >= 15 is 0 Å². The molecule has 0 fully saturated rings. The minimum absolute atomic E-state index is 0.539. The Bertz CT molecular complexity index is 421. The highest BCUT2D eigenvalue weighted by Gasteiger charge is 2.07. The van der Waals surface area contributed by atoms with Crippen LogP contribution in [0.1, 0.15) is 5.76 Å². The SMILES string of the molecule is Cn1cnc(-c2cc(CCCl)on2)c1. The van der Waals surface area contributed by atoms with E-state index in [9.17, 15) is 0 Å². The topological polar surface area (TPSA) is 43.9 Å². The number of nitrogens with zero attached hydrogens (tertiary/aromatic N) is 3. The summed E-state index contributed by atoms with van der Waals surface area (Å²) in [4.78, 5) is 4.17. The van der Waals surface area contributed by atoms with Gasteiger partial charge in [-0.3, -0.25) is 0 Å². The van der Waals surface area contributed by atoms with E-state index in [1.165, 1.54) is 0 Å². The number of aromatic nitrogens is 3. The van der Waals surface area contributed by atoms with Crippen LogP contribution in [0.3, 0.4) is 0 Å². The van der Waals surface area contributed by atoms with Gasteiger partial charge in [0.15, 0.2) is 0 Å². The molecule has 0 aliphatic carbocycles. The normalized spacial score (nSPS) is 10.7. The van der Waals surface area contributed by atoms with Crippen molar-refractivity contribution < 1.29 is 4.52 Å². The Morgan fingerprint density at radius 3 is 3.00 bits per heavy atom. The second-order valence-electron chi connectivity index (χ2n) is 3.04. The Hall–Kier alpha value is -1.29. The van der Waals surface area contributed by atoms with Crippen molar-refractivity contribution in [3.05, 3.63) is 24.4 Å². The molecule has 4 nitrogen and oxygen atoms in total. The first-order valence-corrected chi connectivity index (χ1v) is 4.83. The van der Waals surface area contributed by atoms with E-state index in [-0.39, 0.29) is 0 Å². The van der Waals surface area contributed by atoms with Crippen molar-refractivity contribution >= 4 is 11.6 Å². The van der Waals surface area contributed by atoms with Gasteiger partial charge in [-0.15, -0.1) is 11.6 Å². The zero-order valence-corrected chi connectivity index (χ0v) is 8.53. The molecule has 0 atom stereocenters. The Labute approximate surface area is 86.5 Å². The summed E-state index contributed by atoms with van der Waals surface area (Å²) in [5.41, 5.74) is 1.57. The Kier molecular flexibility index (Phi) is 2.54. The van der Waals surface area contributed by atoms with E-state index in [2.05, 4.69) is 10.1 Å². The third-order valence-electron chi connectivity index (χ3n) is 1.87. The quantitative estimate of drug-likeness (QED) is 0.728. The molecule has 0 saturated carbocycles. The summed E-state index contributed by atoms with van der Waals surface area (Å²) >= 11 is 5.59. The van der Waals surface area contributed by atoms with Crippen LogP contribution in [0.25, 0.3) is 11.4 Å². The summed E-state index contributed by atoms with van der Waals surface area (Å²) in [7, 11) is 1.91. The van der Waals surface area contributed by atoms with Crippen LogP contribution in [0.15, 0.2) is 23.1 Å². The number of rotatable bonds is 3. The number of imidazole rings is 1. The van der Waals surface area contributed by atoms with Gasteiger partial charge in [0, 0.05) is 31.6 Å². The maximum Gasteiger partial charge on any atom is 0.138 e. The van der Waals surface area contributed by atoms with E-state index in [0.29, 0.717) is 12.3 Å². The fourth-order valence-electron chi connectivity index (χ4n) is 1.19. The number of hydrogen-bond donors (Lipinski definition) is 0. The van der Waals surface area contributed by atoms with Crippen LogP contribution in [0.5, 0.6) is 0 Å². The molecule has 2 rings (SSSR count). The Balaban J connectivity index is 2.24. The molecule has 5 heteroatoms. The van der Waals surface area contributed by atoms with Crippen molar-refractivity contribution in [3.63, 3.8) is 0 Å². The molecule has 0 radical (unpaired) electrons. The standard InChI is InChI=1S/C9H10ClN3O/c1-13-5-9(11-6-13)8-4-7(2-3-10)14-12-8/h4-6H,2-3H2,1H3. The minimum atomic E-state index is 0.539. The zero-order chi connectivity index (χ0) is 9.97. The van der Waals surface area contributed by atoms with Crippen LogP contribution in [-0.4, -0.2) is 20.6 Å². The van der Waals surface area contributed by atoms with Gasteiger partial charge in [-0.1, -0.05) is 5.16 Å². The molecule has 2 aromatic rings. The average molecular weight is 212 g/mol. The lowest BCUT2D eigenvalue weighted by Crippen LogP contribution is -1.80. The van der Waals surface area contributed by atoms with Crippen molar-refractivity contribution in [2.75, 3.05) is 5.88 Å². The van der Waals surface area contributed by atoms with Gasteiger partial charge in [-0.25, -0.2) is 4.98 Å². The van der Waals surface area contributed by atoms with Gasteiger partial charge >= 0.3 is 0 Å². The molecular weight excluding hydrogens is 202 g/mol. The summed E-state index contributed by atoms with van der Waals surface area (Å²) < 4.78 is 6.95. The van der Waals surface area contributed by atoms with Gasteiger partial charge in [0.1, 0.15) is 17.1 Å². The summed E-state index contributed by atoms with van der Waals surface area (Å²) in [5, 5.41) is 3.91. The highest BCUT2D eigenvalue weighted by molar-refractivity contribution is 6.17. The van der Waals surface area contributed by atoms with Gasteiger partial charge in [-0.2, -0.15) is 0 Å². The summed E-state index contributed by atoms with van der Waals surface area (Å²) in [5.74, 6) is 1.33. The monoisotopic (exact) mass is 211 g/mol. The lowest BCUT2D eigenvalue weighted by atomic mass is 10.3. The van der Waals surface area contributed by atoms with Crippen molar-refractivity contribution in [1.29, 1.82) is 0 Å². The Morgan fingerprint density at radius 1 is 1.50 bits per heavy atom. The molecule has 0 aliphatic heterocycles. The molecule has 0 unspecified atom stereocenters. The molecule has 0 amide bonds. The molecule has 0 aliphatic rings. The van der Waals surface area contributed by atoms with Gasteiger partial charge in [-0.05, 0) is 0 Å². The van der Waals surface area contributed by atoms with Gasteiger partial charge in [0.2, 0.25) is 0 Å². The molecule has 14 heavy (non-hydrogen) atoms.